The number of hydrogen-bond acceptors (Lipinski definition) is 4. The van der Waals surface area contributed by atoms with Crippen LogP contribution in [0, 0.1) is 11.6 Å². The van der Waals surface area contributed by atoms with Crippen molar-refractivity contribution in [1.82, 2.24) is 19.7 Å². The van der Waals surface area contributed by atoms with Crippen LogP contribution < -0.4 is 0 Å². The van der Waals surface area contributed by atoms with Crippen LogP contribution >= 0.6 is 0 Å². The fourth-order valence-corrected chi connectivity index (χ4v) is 3.89. The molecule has 5 rings (SSSR count). The Kier molecular flexibility index (Phi) is 4.15. The highest BCUT2D eigenvalue weighted by molar-refractivity contribution is 5.84. The van der Waals surface area contributed by atoms with Gasteiger partial charge in [0.1, 0.15) is 17.9 Å². The van der Waals surface area contributed by atoms with Crippen LogP contribution in [-0.2, 0) is 20.1 Å². The number of aliphatic hydroxyl groups is 1. The fraction of sp³-hybridized carbons (Fsp3) is 0.182. The van der Waals surface area contributed by atoms with Crippen LogP contribution in [0.2, 0.25) is 0 Å². The van der Waals surface area contributed by atoms with Gasteiger partial charge in [-0.05, 0) is 41.5 Å². The number of benzene rings is 2. The first-order valence-corrected chi connectivity index (χ1v) is 9.27. The van der Waals surface area contributed by atoms with Crippen molar-refractivity contribution in [2.45, 2.75) is 19.3 Å². The van der Waals surface area contributed by atoms with Crippen LogP contribution in [0.5, 0.6) is 0 Å². The van der Waals surface area contributed by atoms with E-state index in [1.165, 1.54) is 12.1 Å². The van der Waals surface area contributed by atoms with Gasteiger partial charge in [0.15, 0.2) is 0 Å². The molecule has 2 aromatic heterocycles. The van der Waals surface area contributed by atoms with Crippen LogP contribution in [0.15, 0.2) is 54.9 Å². The highest BCUT2D eigenvalue weighted by Gasteiger charge is 2.30. The zero-order valence-electron chi connectivity index (χ0n) is 15.7. The third kappa shape index (κ3) is 3.08. The molecule has 1 N–H and O–H groups in total. The van der Waals surface area contributed by atoms with Gasteiger partial charge < -0.3 is 5.11 Å². The maximum absolute atomic E-state index is 14.8. The number of halogens is 2. The van der Waals surface area contributed by atoms with Gasteiger partial charge in [-0.15, -0.1) is 0 Å². The number of aromatic nitrogens is 3. The van der Waals surface area contributed by atoms with E-state index in [-0.39, 0.29) is 12.1 Å². The van der Waals surface area contributed by atoms with Gasteiger partial charge in [-0.25, -0.2) is 8.78 Å². The molecule has 146 valence electrons. The quantitative estimate of drug-likeness (QED) is 0.574. The molecule has 1 aliphatic rings. The lowest BCUT2D eigenvalue weighted by Crippen LogP contribution is -2.22. The summed E-state index contributed by atoms with van der Waals surface area (Å²) in [6.45, 7) is 0.298. The van der Waals surface area contributed by atoms with E-state index < -0.39 is 17.9 Å². The average molecular weight is 392 g/mol. The molecule has 1 atom stereocenters. The predicted octanol–water partition coefficient (Wildman–Crippen LogP) is 3.92. The second kappa shape index (κ2) is 6.72. The van der Waals surface area contributed by atoms with E-state index in [1.807, 2.05) is 25.4 Å². The molecular formula is C22H18F2N4O. The van der Waals surface area contributed by atoms with Crippen molar-refractivity contribution in [3.8, 4) is 11.1 Å². The van der Waals surface area contributed by atoms with Crippen LogP contribution in [0.1, 0.15) is 23.0 Å². The van der Waals surface area contributed by atoms with Gasteiger partial charge in [0, 0.05) is 49.0 Å². The van der Waals surface area contributed by atoms with Crippen LogP contribution in [0.3, 0.4) is 0 Å². The van der Waals surface area contributed by atoms with Crippen molar-refractivity contribution < 1.29 is 13.9 Å². The van der Waals surface area contributed by atoms with Crippen LogP contribution in [0.4, 0.5) is 8.78 Å². The first-order valence-electron chi connectivity index (χ1n) is 9.27. The lowest BCUT2D eigenvalue weighted by molar-refractivity contribution is 0.00627. The third-order valence-electron chi connectivity index (χ3n) is 5.36. The Bertz CT molecular complexity index is 1210. The first-order chi connectivity index (χ1) is 14.0. The largest absolute Gasteiger partial charge is 0.374 e. The van der Waals surface area contributed by atoms with E-state index in [1.54, 1.807) is 34.0 Å². The zero-order valence-corrected chi connectivity index (χ0v) is 15.7. The smallest absolute Gasteiger partial charge is 0.136 e. The molecule has 1 unspecified atom stereocenters. The van der Waals surface area contributed by atoms with Gasteiger partial charge in [0.25, 0.3) is 0 Å². The van der Waals surface area contributed by atoms with E-state index in [2.05, 4.69) is 10.1 Å². The molecule has 0 saturated carbocycles. The van der Waals surface area contributed by atoms with E-state index >= 15 is 0 Å². The molecule has 2 aromatic carbocycles. The highest BCUT2D eigenvalue weighted by Crippen LogP contribution is 2.33. The second-order valence-electron chi connectivity index (χ2n) is 7.31. The van der Waals surface area contributed by atoms with Gasteiger partial charge in [0.2, 0.25) is 0 Å². The average Bonchev–Trinajstić information content (AvgIpc) is 3.23. The van der Waals surface area contributed by atoms with Crippen molar-refractivity contribution in [1.29, 1.82) is 0 Å². The Morgan fingerprint density at radius 3 is 2.66 bits per heavy atom. The predicted molar refractivity (Wildman–Crippen MR) is 105 cm³/mol. The molecule has 0 fully saturated rings. The van der Waals surface area contributed by atoms with Crippen molar-refractivity contribution in [2.24, 2.45) is 7.05 Å². The molecule has 29 heavy (non-hydrogen) atoms. The molecule has 1 aliphatic heterocycles. The minimum absolute atomic E-state index is 0.0445. The SMILES string of the molecule is Cn1cc2cc(-c3cc(F)c(CN4Cc5ncccc5C4O)c(F)c3)ccc2n1. The van der Waals surface area contributed by atoms with Gasteiger partial charge in [-0.3, -0.25) is 14.6 Å². The third-order valence-corrected chi connectivity index (χ3v) is 5.36. The first kappa shape index (κ1) is 17.9. The molecule has 0 bridgehead atoms. The Hall–Kier alpha value is -3.16. The summed E-state index contributed by atoms with van der Waals surface area (Å²) in [4.78, 5) is 5.83. The standard InChI is InChI=1S/C22H18F2N4O/c1-27-10-15-7-13(4-5-20(15)26-27)14-8-18(23)17(19(24)9-14)11-28-12-21-16(22(28)29)3-2-6-25-21/h2-10,22,29H,11-12H2,1H3. The molecule has 4 aromatic rings. The maximum Gasteiger partial charge on any atom is 0.136 e. The molecule has 0 amide bonds. The number of pyridine rings is 1. The number of rotatable bonds is 3. The van der Waals surface area contributed by atoms with Gasteiger partial charge in [-0.1, -0.05) is 12.1 Å². The van der Waals surface area contributed by atoms with Gasteiger partial charge in [-0.2, -0.15) is 5.10 Å². The molecule has 0 aliphatic carbocycles. The van der Waals surface area contributed by atoms with E-state index in [0.717, 1.165) is 16.6 Å². The van der Waals surface area contributed by atoms with Crippen molar-refractivity contribution >= 4 is 10.9 Å². The maximum atomic E-state index is 14.8. The van der Waals surface area contributed by atoms with Crippen LogP contribution in [-0.4, -0.2) is 24.8 Å². The summed E-state index contributed by atoms with van der Waals surface area (Å²) in [5.41, 5.74) is 3.33. The normalized spacial score (nSPS) is 16.5. The second-order valence-corrected chi connectivity index (χ2v) is 7.31. The molecule has 0 saturated heterocycles. The van der Waals surface area contributed by atoms with Crippen LogP contribution in [0.25, 0.3) is 22.0 Å². The summed E-state index contributed by atoms with van der Waals surface area (Å²) in [5.74, 6) is -1.27. The topological polar surface area (TPSA) is 54.2 Å². The molecule has 0 radical (unpaired) electrons. The summed E-state index contributed by atoms with van der Waals surface area (Å²) in [5, 5.41) is 15.7. The molecule has 3 heterocycles. The number of aliphatic hydroxyl groups excluding tert-OH is 1. The Morgan fingerprint density at radius 2 is 1.90 bits per heavy atom. The number of nitrogens with zero attached hydrogens (tertiary/aromatic N) is 4. The summed E-state index contributed by atoms with van der Waals surface area (Å²) in [6, 6.07) is 11.7. The zero-order chi connectivity index (χ0) is 20.1. The van der Waals surface area contributed by atoms with E-state index in [9.17, 15) is 13.9 Å². The van der Waals surface area contributed by atoms with E-state index in [0.29, 0.717) is 23.2 Å². The summed E-state index contributed by atoms with van der Waals surface area (Å²) >= 11 is 0. The summed E-state index contributed by atoms with van der Waals surface area (Å²) < 4.78 is 31.4. The Balaban J connectivity index is 1.45. The summed E-state index contributed by atoms with van der Waals surface area (Å²) in [6.07, 6.45) is 2.58. The van der Waals surface area contributed by atoms with Crippen molar-refractivity contribution in [3.05, 3.63) is 83.3 Å². The lowest BCUT2D eigenvalue weighted by Gasteiger charge is -2.21. The Labute approximate surface area is 165 Å². The highest BCUT2D eigenvalue weighted by atomic mass is 19.1. The molecule has 0 spiro atoms. The van der Waals surface area contributed by atoms with E-state index in [4.69, 9.17) is 0 Å². The summed E-state index contributed by atoms with van der Waals surface area (Å²) in [7, 11) is 1.83. The molecule has 7 heteroatoms. The monoisotopic (exact) mass is 392 g/mol. The van der Waals surface area contributed by atoms with Crippen molar-refractivity contribution in [3.63, 3.8) is 0 Å². The minimum Gasteiger partial charge on any atom is -0.374 e. The molecular weight excluding hydrogens is 374 g/mol. The molecule has 5 nitrogen and oxygen atoms in total. The Morgan fingerprint density at radius 1 is 1.10 bits per heavy atom. The van der Waals surface area contributed by atoms with Gasteiger partial charge in [0.05, 0.1) is 11.2 Å². The minimum atomic E-state index is -0.926. The lowest BCUT2D eigenvalue weighted by atomic mass is 10.0. The number of aryl methyl sites for hydroxylation is 1. The van der Waals surface area contributed by atoms with Gasteiger partial charge >= 0.3 is 0 Å². The fourth-order valence-electron chi connectivity index (χ4n) is 3.89. The number of fused-ring (bicyclic) bond motifs is 2. The number of hydrogen-bond donors (Lipinski definition) is 1. The van der Waals surface area contributed by atoms with Crippen molar-refractivity contribution in [2.75, 3.05) is 0 Å².